The molecule has 0 saturated carbocycles. The van der Waals surface area contributed by atoms with Gasteiger partial charge in [-0.25, -0.2) is 4.79 Å². The number of hydrogen-bond donors (Lipinski definition) is 1. The van der Waals surface area contributed by atoms with Gasteiger partial charge in [0.05, 0.1) is 17.6 Å². The fraction of sp³-hybridized carbons (Fsp3) is 0.800. The van der Waals surface area contributed by atoms with Crippen molar-refractivity contribution in [2.24, 2.45) is 4.99 Å². The second-order valence-corrected chi connectivity index (χ2v) is 13.0. The van der Waals surface area contributed by atoms with E-state index in [4.69, 9.17) is 14.5 Å². The highest BCUT2D eigenvalue weighted by Crippen LogP contribution is 2.39. The SMILES string of the molecule is CC/C=C(/N=C(\C1=C(C)CNCC1)N1CC2CCC(C1)N2C(=O)OC(C)(C)C)OCC12CCCN1CCC2. The van der Waals surface area contributed by atoms with Crippen molar-refractivity contribution in [2.75, 3.05) is 45.9 Å². The van der Waals surface area contributed by atoms with Crippen LogP contribution in [-0.4, -0.2) is 95.7 Å². The smallest absolute Gasteiger partial charge is 0.410 e. The zero-order valence-electron chi connectivity index (χ0n) is 24.4. The van der Waals surface area contributed by atoms with E-state index in [-0.39, 0.29) is 23.7 Å². The highest BCUT2D eigenvalue weighted by Gasteiger charge is 2.46. The van der Waals surface area contributed by atoms with Crippen molar-refractivity contribution in [3.63, 3.8) is 0 Å². The average Bonchev–Trinajstić information content (AvgIpc) is 3.51. The fourth-order valence-corrected chi connectivity index (χ4v) is 7.21. The third kappa shape index (κ3) is 5.76. The third-order valence-electron chi connectivity index (χ3n) is 9.01. The number of allylic oxidation sites excluding steroid dienone is 1. The molecule has 0 radical (unpaired) electrons. The van der Waals surface area contributed by atoms with E-state index >= 15 is 0 Å². The van der Waals surface area contributed by atoms with E-state index < -0.39 is 5.60 Å². The molecule has 2 atom stereocenters. The minimum absolute atomic E-state index is 0.153. The predicted molar refractivity (Wildman–Crippen MR) is 151 cm³/mol. The summed E-state index contributed by atoms with van der Waals surface area (Å²) in [6.45, 7) is 16.8. The Hall–Kier alpha value is -2.06. The topological polar surface area (TPSA) is 69.6 Å². The Bertz CT molecular complexity index is 957. The van der Waals surface area contributed by atoms with Crippen LogP contribution >= 0.6 is 0 Å². The van der Waals surface area contributed by atoms with E-state index in [9.17, 15) is 4.79 Å². The summed E-state index contributed by atoms with van der Waals surface area (Å²) in [5.41, 5.74) is 2.40. The highest BCUT2D eigenvalue weighted by molar-refractivity contribution is 6.00. The first-order chi connectivity index (χ1) is 18.2. The number of aliphatic imine (C=N–C) groups is 1. The van der Waals surface area contributed by atoms with Gasteiger partial charge in [-0.1, -0.05) is 12.5 Å². The summed E-state index contributed by atoms with van der Waals surface area (Å²) in [6.07, 6.45) is 10.9. The zero-order chi connectivity index (χ0) is 26.9. The summed E-state index contributed by atoms with van der Waals surface area (Å²) in [6, 6.07) is 0.306. The summed E-state index contributed by atoms with van der Waals surface area (Å²) < 4.78 is 12.4. The number of rotatable bonds is 6. The monoisotopic (exact) mass is 527 g/mol. The molecule has 0 aliphatic carbocycles. The van der Waals surface area contributed by atoms with Crippen LogP contribution in [0.2, 0.25) is 0 Å². The number of hydrogen-bond acceptors (Lipinski definition) is 6. The Labute approximate surface area is 229 Å². The molecule has 1 N–H and O–H groups in total. The molecule has 212 valence electrons. The summed E-state index contributed by atoms with van der Waals surface area (Å²) in [5, 5.41) is 3.51. The maximum absolute atomic E-state index is 13.1. The lowest BCUT2D eigenvalue weighted by atomic mass is 9.95. The van der Waals surface area contributed by atoms with Gasteiger partial charge in [0.25, 0.3) is 0 Å². The van der Waals surface area contributed by atoms with Crippen molar-refractivity contribution >= 4 is 11.9 Å². The largest absolute Gasteiger partial charge is 0.476 e. The van der Waals surface area contributed by atoms with Gasteiger partial charge in [-0.2, -0.15) is 4.99 Å². The quantitative estimate of drug-likeness (QED) is 0.307. The Morgan fingerprint density at radius 3 is 2.45 bits per heavy atom. The average molecular weight is 528 g/mol. The number of carbonyl (C=O) groups is 1. The van der Waals surface area contributed by atoms with Crippen molar-refractivity contribution in [3.05, 3.63) is 23.1 Å². The maximum atomic E-state index is 13.1. The van der Waals surface area contributed by atoms with Gasteiger partial charge in [0.2, 0.25) is 5.88 Å². The van der Waals surface area contributed by atoms with Gasteiger partial charge >= 0.3 is 6.09 Å². The zero-order valence-corrected chi connectivity index (χ0v) is 24.4. The summed E-state index contributed by atoms with van der Waals surface area (Å²) in [4.78, 5) is 25.5. The van der Waals surface area contributed by atoms with Crippen LogP contribution < -0.4 is 5.32 Å². The Morgan fingerprint density at radius 1 is 1.16 bits per heavy atom. The molecule has 2 unspecified atom stereocenters. The van der Waals surface area contributed by atoms with Gasteiger partial charge in [0, 0.05) is 19.6 Å². The Morgan fingerprint density at radius 2 is 1.84 bits per heavy atom. The second kappa shape index (κ2) is 11.2. The van der Waals surface area contributed by atoms with Crippen molar-refractivity contribution in [2.45, 2.75) is 109 Å². The van der Waals surface area contributed by atoms with Crippen molar-refractivity contribution in [1.29, 1.82) is 0 Å². The van der Waals surface area contributed by atoms with Crippen LogP contribution in [0.4, 0.5) is 4.79 Å². The van der Waals surface area contributed by atoms with E-state index in [1.54, 1.807) is 0 Å². The number of nitrogens with one attached hydrogen (secondary N) is 1. The van der Waals surface area contributed by atoms with E-state index in [2.05, 4.69) is 35.0 Å². The van der Waals surface area contributed by atoms with Gasteiger partial charge in [-0.05, 0) is 110 Å². The number of amides is 1. The molecule has 8 heteroatoms. The van der Waals surface area contributed by atoms with Crippen molar-refractivity contribution in [1.82, 2.24) is 20.0 Å². The number of likely N-dealkylation sites (tertiary alicyclic amines) is 1. The molecule has 0 aromatic rings. The van der Waals surface area contributed by atoms with Crippen molar-refractivity contribution in [3.8, 4) is 0 Å². The molecule has 5 heterocycles. The predicted octanol–water partition coefficient (Wildman–Crippen LogP) is 4.67. The summed E-state index contributed by atoms with van der Waals surface area (Å²) in [5.74, 6) is 1.81. The van der Waals surface area contributed by atoms with Crippen LogP contribution in [0.5, 0.6) is 0 Å². The molecule has 8 nitrogen and oxygen atoms in total. The lowest BCUT2D eigenvalue weighted by Crippen LogP contribution is -2.58. The molecular formula is C30H49N5O3. The van der Waals surface area contributed by atoms with Crippen LogP contribution in [-0.2, 0) is 9.47 Å². The molecule has 0 spiro atoms. The van der Waals surface area contributed by atoms with E-state index in [1.165, 1.54) is 49.9 Å². The number of fused-ring (bicyclic) bond motifs is 3. The van der Waals surface area contributed by atoms with Gasteiger partial charge in [0.1, 0.15) is 18.0 Å². The highest BCUT2D eigenvalue weighted by atomic mass is 16.6. The van der Waals surface area contributed by atoms with Gasteiger partial charge in [-0.3, -0.25) is 9.80 Å². The minimum atomic E-state index is -0.484. The van der Waals surface area contributed by atoms with Crippen LogP contribution in [0.3, 0.4) is 0 Å². The van der Waals surface area contributed by atoms with Crippen LogP contribution in [0.15, 0.2) is 28.1 Å². The molecule has 5 aliphatic rings. The van der Waals surface area contributed by atoms with Gasteiger partial charge in [0.15, 0.2) is 0 Å². The van der Waals surface area contributed by atoms with Crippen molar-refractivity contribution < 1.29 is 14.3 Å². The van der Waals surface area contributed by atoms with Gasteiger partial charge in [-0.15, -0.1) is 0 Å². The van der Waals surface area contributed by atoms with Crippen LogP contribution in [0, 0.1) is 0 Å². The third-order valence-corrected chi connectivity index (χ3v) is 9.01. The van der Waals surface area contributed by atoms with E-state index in [0.717, 1.165) is 70.2 Å². The molecule has 4 saturated heterocycles. The summed E-state index contributed by atoms with van der Waals surface area (Å²) >= 11 is 0. The molecule has 5 rings (SSSR count). The molecule has 5 aliphatic heterocycles. The molecule has 1 amide bonds. The summed E-state index contributed by atoms with van der Waals surface area (Å²) in [7, 11) is 0. The maximum Gasteiger partial charge on any atom is 0.410 e. The fourth-order valence-electron chi connectivity index (χ4n) is 7.21. The first kappa shape index (κ1) is 27.5. The molecule has 38 heavy (non-hydrogen) atoms. The van der Waals surface area contributed by atoms with Crippen LogP contribution in [0.25, 0.3) is 0 Å². The lowest BCUT2D eigenvalue weighted by molar-refractivity contribution is 0.00273. The second-order valence-electron chi connectivity index (χ2n) is 13.0. The first-order valence-electron chi connectivity index (χ1n) is 15.0. The number of carbonyl (C=O) groups excluding carboxylic acids is 1. The van der Waals surface area contributed by atoms with E-state index in [0.29, 0.717) is 0 Å². The number of piperazine rings is 1. The molecular weight excluding hydrogens is 478 g/mol. The normalized spacial score (nSPS) is 28.2. The standard InChI is InChI=1S/C30H49N5O3/c1-6-9-26(37-21-30-13-7-16-34(30)17-8-14-30)32-27(25-12-15-31-18-22(25)2)33-19-23-10-11-24(20-33)35(23)28(36)38-29(3,4)5/h9,23-24,31H,6-8,10-21H2,1-5H3/b26-9-,32-27+. The van der Waals surface area contributed by atoms with E-state index in [1.807, 2.05) is 25.7 Å². The molecule has 4 fully saturated rings. The minimum Gasteiger partial charge on any atom is -0.476 e. The Balaban J connectivity index is 1.39. The Kier molecular flexibility index (Phi) is 8.11. The number of amidine groups is 1. The molecule has 2 bridgehead atoms. The number of nitrogens with zero attached hydrogens (tertiary/aromatic N) is 4. The molecule has 0 aromatic carbocycles. The number of ether oxygens (including phenoxy) is 2. The van der Waals surface area contributed by atoms with Crippen LogP contribution in [0.1, 0.15) is 86.0 Å². The lowest BCUT2D eigenvalue weighted by Gasteiger charge is -2.43. The first-order valence-corrected chi connectivity index (χ1v) is 15.0. The molecule has 0 aromatic heterocycles. The van der Waals surface area contributed by atoms with Gasteiger partial charge < -0.3 is 19.7 Å².